The van der Waals surface area contributed by atoms with Crippen LogP contribution in [0.25, 0.3) is 5.69 Å². The fourth-order valence-electron chi connectivity index (χ4n) is 2.20. The molecule has 1 aromatic heterocycles. The van der Waals surface area contributed by atoms with Gasteiger partial charge in [-0.1, -0.05) is 0 Å². The van der Waals surface area contributed by atoms with E-state index in [0.29, 0.717) is 23.8 Å². The van der Waals surface area contributed by atoms with Crippen molar-refractivity contribution in [2.24, 2.45) is 17.9 Å². The molecule has 3 N–H and O–H groups in total. The topological polar surface area (TPSA) is 104 Å². The second kappa shape index (κ2) is 7.75. The summed E-state index contributed by atoms with van der Waals surface area (Å²) in [4.78, 5) is 25.2. The van der Waals surface area contributed by atoms with Gasteiger partial charge in [0, 0.05) is 13.2 Å². The molecule has 8 nitrogen and oxygen atoms in total. The maximum absolute atomic E-state index is 12.8. The number of hydrazone groups is 1. The third-order valence-electron chi connectivity index (χ3n) is 3.38. The zero-order valence-electron chi connectivity index (χ0n) is 14.1. The predicted octanol–water partition coefficient (Wildman–Crippen LogP) is 0.492. The molecule has 25 heavy (non-hydrogen) atoms. The first-order valence-electron chi connectivity index (χ1n) is 7.51. The van der Waals surface area contributed by atoms with Gasteiger partial charge in [0.05, 0.1) is 23.6 Å². The Morgan fingerprint density at radius 2 is 1.96 bits per heavy atom. The minimum Gasteiger partial charge on any atom is -0.494 e. The van der Waals surface area contributed by atoms with E-state index in [-0.39, 0.29) is 10.7 Å². The lowest BCUT2D eigenvalue weighted by molar-refractivity contribution is 0.340. The van der Waals surface area contributed by atoms with Gasteiger partial charge in [0.15, 0.2) is 5.11 Å². The van der Waals surface area contributed by atoms with Gasteiger partial charge in [-0.2, -0.15) is 5.10 Å². The summed E-state index contributed by atoms with van der Waals surface area (Å²) in [6.07, 6.45) is 1.43. The SMILES string of the molecule is CCOc1ccc(-n2c(=O)c(C(C)=NNC(N)=S)cn(C)c2=O)cc1. The van der Waals surface area contributed by atoms with Crippen molar-refractivity contribution in [3.63, 3.8) is 0 Å². The first-order chi connectivity index (χ1) is 11.8. The molecule has 132 valence electrons. The van der Waals surface area contributed by atoms with Crippen LogP contribution in [-0.4, -0.2) is 26.6 Å². The van der Waals surface area contributed by atoms with Crippen molar-refractivity contribution < 1.29 is 4.74 Å². The molecule has 1 heterocycles. The average molecular weight is 361 g/mol. The molecule has 0 saturated carbocycles. The monoisotopic (exact) mass is 361 g/mol. The second-order valence-electron chi connectivity index (χ2n) is 5.18. The molecule has 1 aromatic carbocycles. The highest BCUT2D eigenvalue weighted by Crippen LogP contribution is 2.13. The number of nitrogens with zero attached hydrogens (tertiary/aromatic N) is 3. The Bertz CT molecular complexity index is 928. The summed E-state index contributed by atoms with van der Waals surface area (Å²) in [5, 5.41) is 3.93. The van der Waals surface area contributed by atoms with Crippen molar-refractivity contribution >= 4 is 23.0 Å². The van der Waals surface area contributed by atoms with Gasteiger partial charge >= 0.3 is 5.69 Å². The molecule has 2 rings (SSSR count). The maximum Gasteiger partial charge on any atom is 0.335 e. The van der Waals surface area contributed by atoms with Crippen LogP contribution in [0.15, 0.2) is 45.2 Å². The first-order valence-corrected chi connectivity index (χ1v) is 7.92. The van der Waals surface area contributed by atoms with Crippen molar-refractivity contribution in [1.29, 1.82) is 0 Å². The maximum atomic E-state index is 12.8. The Labute approximate surface area is 149 Å². The summed E-state index contributed by atoms with van der Waals surface area (Å²) in [5.74, 6) is 0.658. The predicted molar refractivity (Wildman–Crippen MR) is 101 cm³/mol. The molecule has 0 amide bonds. The van der Waals surface area contributed by atoms with Gasteiger partial charge in [-0.3, -0.25) is 10.2 Å². The third kappa shape index (κ3) is 4.13. The van der Waals surface area contributed by atoms with Gasteiger partial charge in [-0.15, -0.1) is 0 Å². The normalized spacial score (nSPS) is 11.2. The number of aryl methyl sites for hydroxylation is 1. The van der Waals surface area contributed by atoms with Crippen molar-refractivity contribution in [1.82, 2.24) is 14.6 Å². The molecule has 9 heteroatoms. The Morgan fingerprint density at radius 3 is 2.52 bits per heavy atom. The van der Waals surface area contributed by atoms with Gasteiger partial charge in [-0.05, 0) is 50.3 Å². The summed E-state index contributed by atoms with van der Waals surface area (Å²) in [6.45, 7) is 4.03. The molecule has 0 unspecified atom stereocenters. The van der Waals surface area contributed by atoms with Crippen LogP contribution in [0.4, 0.5) is 0 Å². The van der Waals surface area contributed by atoms with Gasteiger partial charge in [0.25, 0.3) is 5.56 Å². The number of hydrogen-bond acceptors (Lipinski definition) is 5. The minimum atomic E-state index is -0.488. The van der Waals surface area contributed by atoms with Gasteiger partial charge in [0.2, 0.25) is 0 Å². The Hall–Kier alpha value is -2.94. The second-order valence-corrected chi connectivity index (χ2v) is 5.62. The molecule has 0 aliphatic rings. The lowest BCUT2D eigenvalue weighted by atomic mass is 10.2. The molecular formula is C16H19N5O3S. The molecular weight excluding hydrogens is 342 g/mol. The number of ether oxygens (including phenoxy) is 1. The summed E-state index contributed by atoms with van der Waals surface area (Å²) in [7, 11) is 1.56. The van der Waals surface area contributed by atoms with Crippen LogP contribution in [0.5, 0.6) is 5.75 Å². The molecule has 0 bridgehead atoms. The number of nitrogens with two attached hydrogens (primary N) is 1. The number of rotatable bonds is 5. The van der Waals surface area contributed by atoms with E-state index in [0.717, 1.165) is 4.57 Å². The molecule has 0 aliphatic heterocycles. The van der Waals surface area contributed by atoms with Crippen LogP contribution in [-0.2, 0) is 7.05 Å². The highest BCUT2D eigenvalue weighted by atomic mass is 32.1. The van der Waals surface area contributed by atoms with Gasteiger partial charge < -0.3 is 15.0 Å². The van der Waals surface area contributed by atoms with Gasteiger partial charge in [-0.25, -0.2) is 9.36 Å². The standard InChI is InChI=1S/C16H19N5O3S/c1-4-24-12-7-5-11(6-8-12)21-14(22)13(9-20(3)16(21)23)10(2)18-19-15(17)25/h5-9H,4H2,1-3H3,(H3,17,19,25). The lowest BCUT2D eigenvalue weighted by Gasteiger charge is -2.11. The van der Waals surface area contributed by atoms with Crippen LogP contribution in [0.2, 0.25) is 0 Å². The van der Waals surface area contributed by atoms with Crippen LogP contribution >= 0.6 is 12.2 Å². The molecule has 0 aliphatic carbocycles. The number of aromatic nitrogens is 2. The van der Waals surface area contributed by atoms with Crippen LogP contribution < -0.4 is 27.1 Å². The van der Waals surface area contributed by atoms with Crippen molar-refractivity contribution in [3.8, 4) is 11.4 Å². The van der Waals surface area contributed by atoms with E-state index in [1.807, 2.05) is 6.92 Å². The Balaban J connectivity index is 2.59. The quantitative estimate of drug-likeness (QED) is 0.456. The highest BCUT2D eigenvalue weighted by Gasteiger charge is 2.14. The molecule has 2 aromatic rings. The van der Waals surface area contributed by atoms with E-state index < -0.39 is 11.2 Å². The van der Waals surface area contributed by atoms with Crippen LogP contribution in [0.1, 0.15) is 19.4 Å². The number of benzene rings is 1. The highest BCUT2D eigenvalue weighted by molar-refractivity contribution is 7.80. The molecule has 0 atom stereocenters. The zero-order chi connectivity index (χ0) is 18.6. The number of nitrogens with one attached hydrogen (secondary N) is 1. The Morgan fingerprint density at radius 1 is 1.32 bits per heavy atom. The van der Waals surface area contributed by atoms with E-state index in [4.69, 9.17) is 10.5 Å². The van der Waals surface area contributed by atoms with E-state index in [1.54, 1.807) is 38.2 Å². The molecule has 0 saturated heterocycles. The summed E-state index contributed by atoms with van der Waals surface area (Å²) in [5.41, 5.74) is 7.85. The largest absolute Gasteiger partial charge is 0.494 e. The fourth-order valence-corrected chi connectivity index (χ4v) is 2.25. The van der Waals surface area contributed by atoms with Crippen molar-refractivity contribution in [2.75, 3.05) is 6.61 Å². The van der Waals surface area contributed by atoms with Crippen molar-refractivity contribution in [2.45, 2.75) is 13.8 Å². The van der Waals surface area contributed by atoms with Crippen LogP contribution in [0.3, 0.4) is 0 Å². The smallest absolute Gasteiger partial charge is 0.335 e. The molecule has 0 fully saturated rings. The van der Waals surface area contributed by atoms with E-state index in [2.05, 4.69) is 22.7 Å². The zero-order valence-corrected chi connectivity index (χ0v) is 15.0. The number of thiocarbonyl (C=S) groups is 1. The number of hydrogen-bond donors (Lipinski definition) is 2. The molecule has 0 radical (unpaired) electrons. The van der Waals surface area contributed by atoms with Crippen molar-refractivity contribution in [3.05, 3.63) is 56.9 Å². The fraction of sp³-hybridized carbons (Fsp3) is 0.250. The Kier molecular flexibility index (Phi) is 5.71. The van der Waals surface area contributed by atoms with E-state index >= 15 is 0 Å². The van der Waals surface area contributed by atoms with Gasteiger partial charge in [0.1, 0.15) is 5.75 Å². The lowest BCUT2D eigenvalue weighted by Crippen LogP contribution is -2.40. The van der Waals surface area contributed by atoms with Crippen LogP contribution in [0, 0.1) is 0 Å². The average Bonchev–Trinajstić information content (AvgIpc) is 2.58. The summed E-state index contributed by atoms with van der Waals surface area (Å²) < 4.78 is 7.76. The first kappa shape index (κ1) is 18.4. The minimum absolute atomic E-state index is 0.0176. The summed E-state index contributed by atoms with van der Waals surface area (Å²) in [6, 6.07) is 6.70. The third-order valence-corrected chi connectivity index (χ3v) is 3.47. The van der Waals surface area contributed by atoms with E-state index in [1.165, 1.54) is 10.8 Å². The molecule has 0 spiro atoms. The summed E-state index contributed by atoms with van der Waals surface area (Å²) >= 11 is 4.69. The van der Waals surface area contributed by atoms with E-state index in [9.17, 15) is 9.59 Å².